The Labute approximate surface area is 105 Å². The van der Waals surface area contributed by atoms with Crippen LogP contribution in [-0.2, 0) is 14.3 Å². The quantitative estimate of drug-likeness (QED) is 0.621. The highest BCUT2D eigenvalue weighted by Gasteiger charge is 2.29. The zero-order chi connectivity index (χ0) is 13.9. The summed E-state index contributed by atoms with van der Waals surface area (Å²) in [5.74, 6) is -1.73. The van der Waals surface area contributed by atoms with Crippen LogP contribution >= 0.6 is 0 Å². The number of carboxylic acid groups (broad SMARTS) is 1. The summed E-state index contributed by atoms with van der Waals surface area (Å²) in [5, 5.41) is 10.4. The number of carbonyl (C=O) groups excluding carboxylic acids is 3. The van der Waals surface area contributed by atoms with Crippen LogP contribution in [0.25, 0.3) is 0 Å². The molecule has 1 rings (SSSR count). The van der Waals surface area contributed by atoms with E-state index in [0.29, 0.717) is 0 Å². The minimum Gasteiger partial charge on any atom is -0.548 e. The van der Waals surface area contributed by atoms with Gasteiger partial charge in [-0.3, -0.25) is 9.69 Å². The second-order valence-electron chi connectivity index (χ2n) is 5.09. The molecule has 0 aromatic carbocycles. The second-order valence-corrected chi connectivity index (χ2v) is 5.09. The lowest BCUT2D eigenvalue weighted by atomic mass is 10.2. The molecule has 1 aliphatic heterocycles. The SMILES string of the molecule is CC(C)(C)OC(=O)N1CCN(CC(=O)[O-])C(=O)C1. The average Bonchev–Trinajstić information content (AvgIpc) is 2.17. The fourth-order valence-corrected chi connectivity index (χ4v) is 1.51. The van der Waals surface area contributed by atoms with Crippen molar-refractivity contribution in [1.29, 1.82) is 0 Å². The van der Waals surface area contributed by atoms with Gasteiger partial charge in [-0.1, -0.05) is 0 Å². The topological polar surface area (TPSA) is 90.0 Å². The van der Waals surface area contributed by atoms with E-state index in [1.807, 2.05) is 0 Å². The molecule has 2 amide bonds. The molecule has 7 nitrogen and oxygen atoms in total. The number of hydrogen-bond donors (Lipinski definition) is 0. The van der Waals surface area contributed by atoms with E-state index < -0.39 is 30.1 Å². The molecule has 1 aliphatic rings. The number of nitrogens with zero attached hydrogens (tertiary/aromatic N) is 2. The van der Waals surface area contributed by atoms with E-state index >= 15 is 0 Å². The van der Waals surface area contributed by atoms with Gasteiger partial charge in [-0.05, 0) is 20.8 Å². The summed E-state index contributed by atoms with van der Waals surface area (Å²) < 4.78 is 5.13. The van der Waals surface area contributed by atoms with Crippen LogP contribution in [0.2, 0.25) is 0 Å². The summed E-state index contributed by atoms with van der Waals surface area (Å²) in [6.45, 7) is 5.03. The van der Waals surface area contributed by atoms with Crippen molar-refractivity contribution in [2.75, 3.05) is 26.2 Å². The lowest BCUT2D eigenvalue weighted by Gasteiger charge is -2.35. The molecule has 1 fully saturated rings. The van der Waals surface area contributed by atoms with Gasteiger partial charge in [0.25, 0.3) is 0 Å². The Bertz CT molecular complexity index is 361. The lowest BCUT2D eigenvalue weighted by Crippen LogP contribution is -2.55. The molecule has 0 bridgehead atoms. The largest absolute Gasteiger partial charge is 0.548 e. The molecule has 0 aromatic rings. The van der Waals surface area contributed by atoms with Crippen molar-refractivity contribution in [3.63, 3.8) is 0 Å². The number of carboxylic acids is 1. The smallest absolute Gasteiger partial charge is 0.410 e. The first-order valence-electron chi connectivity index (χ1n) is 5.64. The van der Waals surface area contributed by atoms with Crippen molar-refractivity contribution in [2.24, 2.45) is 0 Å². The third-order valence-electron chi connectivity index (χ3n) is 2.29. The Morgan fingerprint density at radius 1 is 1.33 bits per heavy atom. The molecule has 0 aromatic heterocycles. The van der Waals surface area contributed by atoms with Gasteiger partial charge in [0.15, 0.2) is 0 Å². The molecule has 0 spiro atoms. The van der Waals surface area contributed by atoms with Crippen LogP contribution in [0.4, 0.5) is 4.79 Å². The maximum Gasteiger partial charge on any atom is 0.410 e. The van der Waals surface area contributed by atoms with E-state index in [-0.39, 0.29) is 19.6 Å². The maximum atomic E-state index is 11.7. The van der Waals surface area contributed by atoms with E-state index in [0.717, 1.165) is 4.90 Å². The van der Waals surface area contributed by atoms with Crippen LogP contribution in [0.3, 0.4) is 0 Å². The van der Waals surface area contributed by atoms with Gasteiger partial charge in [-0.2, -0.15) is 0 Å². The molecule has 0 radical (unpaired) electrons. The summed E-state index contributed by atoms with van der Waals surface area (Å²) >= 11 is 0. The summed E-state index contributed by atoms with van der Waals surface area (Å²) in [6.07, 6.45) is -0.566. The normalized spacial score (nSPS) is 16.7. The van der Waals surface area contributed by atoms with Gasteiger partial charge in [-0.25, -0.2) is 4.79 Å². The van der Waals surface area contributed by atoms with E-state index in [1.54, 1.807) is 20.8 Å². The van der Waals surface area contributed by atoms with Crippen molar-refractivity contribution in [1.82, 2.24) is 9.80 Å². The number of hydrogen-bond acceptors (Lipinski definition) is 5. The first-order chi connectivity index (χ1) is 8.19. The van der Waals surface area contributed by atoms with Gasteiger partial charge in [0, 0.05) is 13.1 Å². The number of amides is 2. The van der Waals surface area contributed by atoms with Crippen LogP contribution in [0.15, 0.2) is 0 Å². The van der Waals surface area contributed by atoms with Gasteiger partial charge < -0.3 is 19.5 Å². The number of aliphatic carboxylic acids is 1. The highest BCUT2D eigenvalue weighted by Crippen LogP contribution is 2.12. The molecule has 0 N–H and O–H groups in total. The molecule has 0 atom stereocenters. The lowest BCUT2D eigenvalue weighted by molar-refractivity contribution is -0.306. The molecule has 0 unspecified atom stereocenters. The molecule has 0 aliphatic carbocycles. The average molecular weight is 257 g/mol. The van der Waals surface area contributed by atoms with Gasteiger partial charge in [-0.15, -0.1) is 0 Å². The fourth-order valence-electron chi connectivity index (χ4n) is 1.51. The Hall–Kier alpha value is -1.79. The zero-order valence-electron chi connectivity index (χ0n) is 10.8. The third kappa shape index (κ3) is 4.23. The standard InChI is InChI=1S/C11H18N2O5/c1-11(2,3)18-10(17)13-5-4-12(7-9(15)16)8(14)6-13/h4-7H2,1-3H3,(H,15,16)/p-1. The molecular weight excluding hydrogens is 240 g/mol. The van der Waals surface area contributed by atoms with Crippen LogP contribution in [-0.4, -0.2) is 59.5 Å². The first-order valence-corrected chi connectivity index (χ1v) is 5.64. The number of rotatable bonds is 2. The zero-order valence-corrected chi connectivity index (χ0v) is 10.8. The van der Waals surface area contributed by atoms with Gasteiger partial charge in [0.2, 0.25) is 5.91 Å². The van der Waals surface area contributed by atoms with Crippen molar-refractivity contribution in [3.8, 4) is 0 Å². The predicted molar refractivity (Wildman–Crippen MR) is 59.4 cm³/mol. The van der Waals surface area contributed by atoms with Crippen molar-refractivity contribution in [3.05, 3.63) is 0 Å². The third-order valence-corrected chi connectivity index (χ3v) is 2.29. The molecule has 1 saturated heterocycles. The molecule has 1 heterocycles. The molecule has 18 heavy (non-hydrogen) atoms. The van der Waals surface area contributed by atoms with E-state index in [1.165, 1.54) is 4.90 Å². The Morgan fingerprint density at radius 3 is 2.39 bits per heavy atom. The molecule has 0 saturated carbocycles. The van der Waals surface area contributed by atoms with Gasteiger partial charge in [0.05, 0.1) is 12.5 Å². The summed E-state index contributed by atoms with van der Waals surface area (Å²) in [4.78, 5) is 36.1. The molecular formula is C11H17N2O5-. The van der Waals surface area contributed by atoms with Gasteiger partial charge >= 0.3 is 6.09 Å². The monoisotopic (exact) mass is 257 g/mol. The van der Waals surface area contributed by atoms with Gasteiger partial charge in [0.1, 0.15) is 12.1 Å². The maximum absolute atomic E-state index is 11.7. The first kappa shape index (κ1) is 14.3. The van der Waals surface area contributed by atoms with Crippen LogP contribution < -0.4 is 5.11 Å². The second kappa shape index (κ2) is 5.24. The highest BCUT2D eigenvalue weighted by atomic mass is 16.6. The van der Waals surface area contributed by atoms with E-state index in [4.69, 9.17) is 4.74 Å². The van der Waals surface area contributed by atoms with E-state index in [9.17, 15) is 19.5 Å². The van der Waals surface area contributed by atoms with Crippen molar-refractivity contribution >= 4 is 18.0 Å². The minimum atomic E-state index is -1.31. The molecule has 7 heteroatoms. The van der Waals surface area contributed by atoms with Crippen LogP contribution in [0.5, 0.6) is 0 Å². The summed E-state index contributed by atoms with van der Waals surface area (Å²) in [5.41, 5.74) is -0.623. The van der Waals surface area contributed by atoms with Crippen LogP contribution in [0.1, 0.15) is 20.8 Å². The highest BCUT2D eigenvalue weighted by molar-refractivity contribution is 5.86. The van der Waals surface area contributed by atoms with E-state index in [2.05, 4.69) is 0 Å². The summed E-state index contributed by atoms with van der Waals surface area (Å²) in [6, 6.07) is 0. The number of piperazine rings is 1. The predicted octanol–water partition coefficient (Wildman–Crippen LogP) is -1.18. The minimum absolute atomic E-state index is 0.164. The Kier molecular flexibility index (Phi) is 4.15. The van der Waals surface area contributed by atoms with Crippen molar-refractivity contribution < 1.29 is 24.2 Å². The van der Waals surface area contributed by atoms with Crippen LogP contribution in [0, 0.1) is 0 Å². The van der Waals surface area contributed by atoms with Crippen molar-refractivity contribution in [2.45, 2.75) is 26.4 Å². The number of carbonyl (C=O) groups is 3. The molecule has 102 valence electrons. The fraction of sp³-hybridized carbons (Fsp3) is 0.727. The number of ether oxygens (including phenoxy) is 1. The summed E-state index contributed by atoms with van der Waals surface area (Å²) in [7, 11) is 0. The Balaban J connectivity index is 2.53. The Morgan fingerprint density at radius 2 is 1.94 bits per heavy atom.